The lowest BCUT2D eigenvalue weighted by Crippen LogP contribution is -2.20. The van der Waals surface area contributed by atoms with Crippen LogP contribution >= 0.6 is 11.6 Å². The van der Waals surface area contributed by atoms with E-state index in [1.807, 2.05) is 19.1 Å². The standard InChI is InChI=1S/C15H11ClN6O/c1-8-3-4-11(10(16)7-8)21-6-5-12-13(14(21)23)18-19-15-17-9(2)20-22(12)15/h3-7H,1-2H3. The maximum atomic E-state index is 12.8. The average Bonchev–Trinajstić information content (AvgIpc) is 2.89. The Hall–Kier alpha value is -2.80. The van der Waals surface area contributed by atoms with Crippen molar-refractivity contribution in [1.82, 2.24) is 29.4 Å². The molecule has 0 aliphatic heterocycles. The van der Waals surface area contributed by atoms with Gasteiger partial charge in [0.1, 0.15) is 11.3 Å². The van der Waals surface area contributed by atoms with Crippen LogP contribution in [0, 0.1) is 13.8 Å². The molecule has 0 bridgehead atoms. The Morgan fingerprint density at radius 3 is 2.74 bits per heavy atom. The zero-order chi connectivity index (χ0) is 16.1. The number of rotatable bonds is 1. The SMILES string of the molecule is Cc1ccc(-n2ccc3c(nnc4nc(C)nn43)c2=O)c(Cl)c1. The summed E-state index contributed by atoms with van der Waals surface area (Å²) in [6.45, 7) is 3.70. The molecule has 8 heteroatoms. The summed E-state index contributed by atoms with van der Waals surface area (Å²) in [5, 5.41) is 12.7. The summed E-state index contributed by atoms with van der Waals surface area (Å²) in [7, 11) is 0. The molecule has 0 aliphatic rings. The second kappa shape index (κ2) is 4.85. The van der Waals surface area contributed by atoms with E-state index in [1.165, 1.54) is 9.08 Å². The molecular formula is C15H11ClN6O. The molecule has 3 heterocycles. The molecule has 0 radical (unpaired) electrons. The van der Waals surface area contributed by atoms with Gasteiger partial charge in [-0.1, -0.05) is 17.7 Å². The van der Waals surface area contributed by atoms with Gasteiger partial charge in [0, 0.05) is 6.20 Å². The molecule has 23 heavy (non-hydrogen) atoms. The van der Waals surface area contributed by atoms with E-state index >= 15 is 0 Å². The third-order valence-corrected chi connectivity index (χ3v) is 3.87. The van der Waals surface area contributed by atoms with E-state index in [-0.39, 0.29) is 11.1 Å². The molecule has 4 rings (SSSR count). The number of halogens is 1. The van der Waals surface area contributed by atoms with Crippen LogP contribution in [0.4, 0.5) is 0 Å². The summed E-state index contributed by atoms with van der Waals surface area (Å²) >= 11 is 6.26. The number of nitrogens with zero attached hydrogens (tertiary/aromatic N) is 6. The van der Waals surface area contributed by atoms with Crippen LogP contribution in [0.5, 0.6) is 0 Å². The fourth-order valence-electron chi connectivity index (χ4n) is 2.50. The first-order chi connectivity index (χ1) is 11.0. The predicted octanol–water partition coefficient (Wildman–Crippen LogP) is 2.09. The van der Waals surface area contributed by atoms with Crippen molar-refractivity contribution in [1.29, 1.82) is 0 Å². The summed E-state index contributed by atoms with van der Waals surface area (Å²) in [5.41, 5.74) is 2.07. The van der Waals surface area contributed by atoms with Crippen LogP contribution in [0.15, 0.2) is 35.3 Å². The lowest BCUT2D eigenvalue weighted by molar-refractivity contribution is 0.905. The van der Waals surface area contributed by atoms with Crippen LogP contribution < -0.4 is 5.56 Å². The molecule has 0 amide bonds. The Morgan fingerprint density at radius 2 is 1.96 bits per heavy atom. The van der Waals surface area contributed by atoms with Crippen molar-refractivity contribution in [2.24, 2.45) is 0 Å². The van der Waals surface area contributed by atoms with Crippen LogP contribution in [0.1, 0.15) is 11.4 Å². The number of hydrogen-bond donors (Lipinski definition) is 0. The first-order valence-electron chi connectivity index (χ1n) is 6.92. The van der Waals surface area contributed by atoms with Crippen LogP contribution in [0.2, 0.25) is 5.02 Å². The zero-order valence-electron chi connectivity index (χ0n) is 12.4. The fourth-order valence-corrected chi connectivity index (χ4v) is 2.83. The number of fused-ring (bicyclic) bond motifs is 3. The van der Waals surface area contributed by atoms with Crippen LogP contribution in [0.25, 0.3) is 22.5 Å². The molecule has 0 saturated carbocycles. The Labute approximate surface area is 135 Å². The molecule has 114 valence electrons. The number of hydrogen-bond acceptors (Lipinski definition) is 5. The molecule has 4 aromatic rings. The Morgan fingerprint density at radius 1 is 1.13 bits per heavy atom. The van der Waals surface area contributed by atoms with Crippen molar-refractivity contribution >= 4 is 28.4 Å². The topological polar surface area (TPSA) is 78.0 Å². The number of benzene rings is 1. The van der Waals surface area contributed by atoms with Crippen molar-refractivity contribution in [2.75, 3.05) is 0 Å². The van der Waals surface area contributed by atoms with Gasteiger partial charge >= 0.3 is 0 Å². The van der Waals surface area contributed by atoms with Gasteiger partial charge in [-0.15, -0.1) is 15.3 Å². The third-order valence-electron chi connectivity index (χ3n) is 3.57. The van der Waals surface area contributed by atoms with Gasteiger partial charge in [0.05, 0.1) is 10.7 Å². The lowest BCUT2D eigenvalue weighted by atomic mass is 10.2. The second-order valence-electron chi connectivity index (χ2n) is 5.25. The largest absolute Gasteiger partial charge is 0.285 e. The summed E-state index contributed by atoms with van der Waals surface area (Å²) in [4.78, 5) is 16.9. The summed E-state index contributed by atoms with van der Waals surface area (Å²) < 4.78 is 2.97. The highest BCUT2D eigenvalue weighted by atomic mass is 35.5. The van der Waals surface area contributed by atoms with Gasteiger partial charge < -0.3 is 0 Å². The van der Waals surface area contributed by atoms with Crippen LogP contribution in [-0.4, -0.2) is 29.4 Å². The van der Waals surface area contributed by atoms with Crippen molar-refractivity contribution in [3.63, 3.8) is 0 Å². The van der Waals surface area contributed by atoms with Crippen molar-refractivity contribution in [3.05, 3.63) is 57.2 Å². The minimum absolute atomic E-state index is 0.210. The molecule has 0 aliphatic carbocycles. The quantitative estimate of drug-likeness (QED) is 0.535. The lowest BCUT2D eigenvalue weighted by Gasteiger charge is -2.09. The van der Waals surface area contributed by atoms with E-state index in [1.54, 1.807) is 25.3 Å². The van der Waals surface area contributed by atoms with Crippen LogP contribution in [-0.2, 0) is 0 Å². The molecule has 0 fully saturated rings. The third kappa shape index (κ3) is 2.08. The summed E-state index contributed by atoms with van der Waals surface area (Å²) in [6, 6.07) is 7.26. The minimum atomic E-state index is -0.309. The highest BCUT2D eigenvalue weighted by molar-refractivity contribution is 6.32. The molecule has 7 nitrogen and oxygen atoms in total. The predicted molar refractivity (Wildman–Crippen MR) is 86.2 cm³/mol. The smallest absolute Gasteiger partial charge is 0.281 e. The van der Waals surface area contributed by atoms with E-state index in [9.17, 15) is 4.79 Å². The maximum absolute atomic E-state index is 12.8. The summed E-state index contributed by atoms with van der Waals surface area (Å²) in [6.07, 6.45) is 1.65. The first-order valence-corrected chi connectivity index (χ1v) is 7.30. The molecule has 0 unspecified atom stereocenters. The monoisotopic (exact) mass is 326 g/mol. The molecule has 0 saturated heterocycles. The highest BCUT2D eigenvalue weighted by Crippen LogP contribution is 2.21. The van der Waals surface area contributed by atoms with E-state index in [4.69, 9.17) is 11.6 Å². The van der Waals surface area contributed by atoms with Gasteiger partial charge in [-0.05, 0) is 37.6 Å². The van der Waals surface area contributed by atoms with Gasteiger partial charge in [-0.3, -0.25) is 9.36 Å². The van der Waals surface area contributed by atoms with E-state index < -0.39 is 0 Å². The molecular weight excluding hydrogens is 316 g/mol. The normalized spacial score (nSPS) is 11.4. The Balaban J connectivity index is 2.05. The molecule has 0 spiro atoms. The number of pyridine rings is 1. The van der Waals surface area contributed by atoms with Gasteiger partial charge in [0.25, 0.3) is 11.3 Å². The molecule has 3 aromatic heterocycles. The number of aryl methyl sites for hydroxylation is 2. The molecule has 0 atom stereocenters. The molecule has 0 N–H and O–H groups in total. The van der Waals surface area contributed by atoms with Gasteiger partial charge in [-0.25, -0.2) is 0 Å². The van der Waals surface area contributed by atoms with Crippen molar-refractivity contribution in [2.45, 2.75) is 13.8 Å². The van der Waals surface area contributed by atoms with E-state index in [0.29, 0.717) is 27.8 Å². The van der Waals surface area contributed by atoms with E-state index in [0.717, 1.165) is 5.56 Å². The van der Waals surface area contributed by atoms with Gasteiger partial charge in [0.2, 0.25) is 0 Å². The minimum Gasteiger partial charge on any atom is -0.281 e. The summed E-state index contributed by atoms with van der Waals surface area (Å²) in [5.74, 6) is 0.929. The van der Waals surface area contributed by atoms with Gasteiger partial charge in [-0.2, -0.15) is 9.50 Å². The Kier molecular flexibility index (Phi) is 2.92. The van der Waals surface area contributed by atoms with Crippen molar-refractivity contribution < 1.29 is 0 Å². The van der Waals surface area contributed by atoms with E-state index in [2.05, 4.69) is 20.3 Å². The number of aromatic nitrogens is 6. The highest BCUT2D eigenvalue weighted by Gasteiger charge is 2.13. The first kappa shape index (κ1) is 13.8. The molecule has 1 aromatic carbocycles. The van der Waals surface area contributed by atoms with Crippen LogP contribution in [0.3, 0.4) is 0 Å². The van der Waals surface area contributed by atoms with Crippen molar-refractivity contribution in [3.8, 4) is 5.69 Å². The fraction of sp³-hybridized carbons (Fsp3) is 0.133. The maximum Gasteiger partial charge on any atom is 0.285 e. The van der Waals surface area contributed by atoms with Gasteiger partial charge in [0.15, 0.2) is 5.52 Å². The second-order valence-corrected chi connectivity index (χ2v) is 5.66. The Bertz CT molecular complexity index is 1130. The average molecular weight is 327 g/mol. The zero-order valence-corrected chi connectivity index (χ0v) is 13.1.